The second kappa shape index (κ2) is 10.0. The molecule has 1 heterocycles. The molecule has 4 rings (SSSR count). The minimum Gasteiger partial charge on any atom is -0.384 e. The van der Waals surface area contributed by atoms with Crippen molar-refractivity contribution in [3.63, 3.8) is 0 Å². The molecule has 0 atom stereocenters. The molecule has 5 N–H and O–H groups in total. The maximum atomic E-state index is 7.85. The molecule has 0 unspecified atom stereocenters. The van der Waals surface area contributed by atoms with Crippen molar-refractivity contribution < 1.29 is 0 Å². The zero-order valence-electron chi connectivity index (χ0n) is 21.3. The van der Waals surface area contributed by atoms with E-state index in [2.05, 4.69) is 64.7 Å². The van der Waals surface area contributed by atoms with Gasteiger partial charge in [-0.1, -0.05) is 65.8 Å². The summed E-state index contributed by atoms with van der Waals surface area (Å²) in [6.07, 6.45) is 3.50. The van der Waals surface area contributed by atoms with Gasteiger partial charge in [0.1, 0.15) is 5.84 Å². The Bertz CT molecular complexity index is 1240. The third-order valence-electron chi connectivity index (χ3n) is 6.29. The molecular formula is C27H36Cl2N6. The first-order valence-corrected chi connectivity index (χ1v) is 11.4. The van der Waals surface area contributed by atoms with Gasteiger partial charge in [-0.3, -0.25) is 5.41 Å². The number of amidine groups is 1. The van der Waals surface area contributed by atoms with Gasteiger partial charge in [0.25, 0.3) is 0 Å². The van der Waals surface area contributed by atoms with E-state index in [1.54, 1.807) is 4.68 Å². The third kappa shape index (κ3) is 5.71. The van der Waals surface area contributed by atoms with Gasteiger partial charge in [0.05, 0.1) is 17.6 Å². The zero-order chi connectivity index (χ0) is 24.1. The smallest absolute Gasteiger partial charge is 0.221 e. The van der Waals surface area contributed by atoms with E-state index in [0.29, 0.717) is 5.95 Å². The lowest BCUT2D eigenvalue weighted by molar-refractivity contribution is 0.569. The second-order valence-corrected chi connectivity index (χ2v) is 10.9. The monoisotopic (exact) mass is 514 g/mol. The number of hydrogen-bond acceptors (Lipinski definition) is 4. The van der Waals surface area contributed by atoms with Gasteiger partial charge in [-0.05, 0) is 52.5 Å². The molecular weight excluding hydrogens is 479 g/mol. The zero-order valence-corrected chi connectivity index (χ0v) is 22.9. The number of nitrogens with two attached hydrogens (primary N) is 2. The van der Waals surface area contributed by atoms with Crippen molar-refractivity contribution in [1.29, 1.82) is 5.41 Å². The Morgan fingerprint density at radius 3 is 2.11 bits per heavy atom. The molecule has 0 saturated carbocycles. The Morgan fingerprint density at radius 2 is 1.57 bits per heavy atom. The van der Waals surface area contributed by atoms with Crippen LogP contribution in [-0.4, -0.2) is 21.2 Å². The van der Waals surface area contributed by atoms with E-state index in [1.165, 1.54) is 11.1 Å². The molecule has 0 saturated heterocycles. The first kappa shape index (κ1) is 28.4. The molecule has 8 heteroatoms. The van der Waals surface area contributed by atoms with Crippen LogP contribution in [0.25, 0.3) is 11.3 Å². The van der Waals surface area contributed by atoms with Gasteiger partial charge in [-0.2, -0.15) is 5.10 Å². The normalized spacial score (nSPS) is 14.3. The standard InChI is InChI=1S/C27H34N6.2ClH/c1-26(2,3)17-12-16(13-18(14-17)27(4,5)6)23-15-33(25(30)31-23)32-22-11-10-19-20(22)8-7-9-21(19)24(28)29;;/h7-9,12-15H,10-11H2,1-6H3,(H3,28,29)(H2,30,31);2*1H/b32-22+;;. The lowest BCUT2D eigenvalue weighted by atomic mass is 9.79. The van der Waals surface area contributed by atoms with Crippen LogP contribution in [0.5, 0.6) is 0 Å². The first-order valence-electron chi connectivity index (χ1n) is 11.4. The van der Waals surface area contributed by atoms with Gasteiger partial charge >= 0.3 is 0 Å². The quantitative estimate of drug-likeness (QED) is 0.292. The van der Waals surface area contributed by atoms with Crippen molar-refractivity contribution in [2.75, 3.05) is 5.73 Å². The summed E-state index contributed by atoms with van der Waals surface area (Å²) in [5.74, 6) is 0.443. The molecule has 0 amide bonds. The number of nitrogens with zero attached hydrogens (tertiary/aromatic N) is 3. The Balaban J connectivity index is 0.00000216. The summed E-state index contributed by atoms with van der Waals surface area (Å²) in [5, 5.41) is 12.7. The van der Waals surface area contributed by atoms with E-state index in [1.807, 2.05) is 24.4 Å². The number of benzene rings is 2. The largest absolute Gasteiger partial charge is 0.384 e. The predicted octanol–water partition coefficient (Wildman–Crippen LogP) is 6.05. The Kier molecular flexibility index (Phi) is 8.15. The molecule has 35 heavy (non-hydrogen) atoms. The number of halogens is 2. The van der Waals surface area contributed by atoms with Gasteiger partial charge < -0.3 is 11.5 Å². The van der Waals surface area contributed by atoms with Crippen molar-refractivity contribution in [1.82, 2.24) is 9.66 Å². The van der Waals surface area contributed by atoms with Gasteiger partial charge in [0, 0.05) is 16.7 Å². The molecule has 0 radical (unpaired) electrons. The van der Waals surface area contributed by atoms with E-state index < -0.39 is 0 Å². The molecule has 1 aliphatic rings. The Hall–Kier alpha value is -2.83. The number of nitrogen functional groups attached to an aromatic ring is 2. The fourth-order valence-electron chi connectivity index (χ4n) is 4.24. The fraction of sp³-hybridized carbons (Fsp3) is 0.370. The Labute approximate surface area is 220 Å². The SMILES string of the molecule is CC(C)(C)c1cc(-c2cn(/N=C3\CCc4c(C(=N)N)cccc43)c(N)n2)cc(C(C)(C)C)c1.Cl.Cl. The highest BCUT2D eigenvalue weighted by atomic mass is 35.5. The van der Waals surface area contributed by atoms with Crippen LogP contribution in [0.4, 0.5) is 5.95 Å². The number of fused-ring (bicyclic) bond motifs is 1. The summed E-state index contributed by atoms with van der Waals surface area (Å²) in [6, 6.07) is 12.6. The maximum Gasteiger partial charge on any atom is 0.221 e. The van der Waals surface area contributed by atoms with Crippen LogP contribution in [-0.2, 0) is 17.3 Å². The van der Waals surface area contributed by atoms with Gasteiger partial charge in [0.2, 0.25) is 5.95 Å². The molecule has 0 bridgehead atoms. The average Bonchev–Trinajstić information content (AvgIpc) is 3.30. The van der Waals surface area contributed by atoms with Gasteiger partial charge in [-0.15, -0.1) is 24.8 Å². The molecule has 1 aromatic heterocycles. The highest BCUT2D eigenvalue weighted by Crippen LogP contribution is 2.34. The molecule has 2 aromatic carbocycles. The summed E-state index contributed by atoms with van der Waals surface area (Å²) in [7, 11) is 0. The number of nitrogens with one attached hydrogen (secondary N) is 1. The van der Waals surface area contributed by atoms with Crippen molar-refractivity contribution in [3.8, 4) is 11.3 Å². The van der Waals surface area contributed by atoms with Crippen LogP contribution < -0.4 is 11.5 Å². The minimum absolute atomic E-state index is 0. The molecule has 188 valence electrons. The highest BCUT2D eigenvalue weighted by molar-refractivity contribution is 6.08. The minimum atomic E-state index is 0. The van der Waals surface area contributed by atoms with Crippen LogP contribution in [0.2, 0.25) is 0 Å². The average molecular weight is 516 g/mol. The van der Waals surface area contributed by atoms with Crippen molar-refractivity contribution in [2.45, 2.75) is 65.2 Å². The van der Waals surface area contributed by atoms with Crippen LogP contribution in [0.3, 0.4) is 0 Å². The topological polar surface area (TPSA) is 106 Å². The molecule has 6 nitrogen and oxygen atoms in total. The number of imidazole rings is 1. The van der Waals surface area contributed by atoms with Crippen LogP contribution >= 0.6 is 24.8 Å². The molecule has 0 spiro atoms. The summed E-state index contributed by atoms with van der Waals surface area (Å²) >= 11 is 0. The fourth-order valence-corrected chi connectivity index (χ4v) is 4.24. The molecule has 0 aliphatic heterocycles. The summed E-state index contributed by atoms with van der Waals surface area (Å²) in [6.45, 7) is 13.4. The van der Waals surface area contributed by atoms with Crippen molar-refractivity contribution >= 4 is 42.3 Å². The summed E-state index contributed by atoms with van der Waals surface area (Å²) < 4.78 is 1.67. The van der Waals surface area contributed by atoms with E-state index in [9.17, 15) is 0 Å². The molecule has 1 aliphatic carbocycles. The number of hydrogen-bond donors (Lipinski definition) is 3. The van der Waals surface area contributed by atoms with Gasteiger partial charge in [0.15, 0.2) is 0 Å². The Morgan fingerprint density at radius 1 is 0.971 bits per heavy atom. The number of rotatable bonds is 3. The van der Waals surface area contributed by atoms with Crippen LogP contribution in [0.15, 0.2) is 47.7 Å². The summed E-state index contributed by atoms with van der Waals surface area (Å²) in [4.78, 5) is 4.65. The molecule has 3 aromatic rings. The lowest BCUT2D eigenvalue weighted by Crippen LogP contribution is -2.16. The van der Waals surface area contributed by atoms with Gasteiger partial charge in [-0.25, -0.2) is 9.66 Å². The van der Waals surface area contributed by atoms with Crippen LogP contribution in [0.1, 0.15) is 75.8 Å². The highest BCUT2D eigenvalue weighted by Gasteiger charge is 2.24. The lowest BCUT2D eigenvalue weighted by Gasteiger charge is -2.26. The van der Waals surface area contributed by atoms with Crippen LogP contribution in [0, 0.1) is 5.41 Å². The van der Waals surface area contributed by atoms with E-state index >= 15 is 0 Å². The third-order valence-corrected chi connectivity index (χ3v) is 6.29. The number of aromatic nitrogens is 2. The summed E-state index contributed by atoms with van der Waals surface area (Å²) in [5.41, 5.74) is 20.3. The second-order valence-electron chi connectivity index (χ2n) is 10.9. The first-order chi connectivity index (χ1) is 15.3. The predicted molar refractivity (Wildman–Crippen MR) is 152 cm³/mol. The maximum absolute atomic E-state index is 7.85. The van der Waals surface area contributed by atoms with E-state index in [0.717, 1.165) is 46.5 Å². The van der Waals surface area contributed by atoms with Crippen molar-refractivity contribution in [2.24, 2.45) is 10.8 Å². The molecule has 0 fully saturated rings. The van der Waals surface area contributed by atoms with E-state index in [-0.39, 0.29) is 41.5 Å². The number of anilines is 1. The van der Waals surface area contributed by atoms with Crippen molar-refractivity contribution in [3.05, 3.63) is 70.4 Å². The van der Waals surface area contributed by atoms with E-state index in [4.69, 9.17) is 22.0 Å².